The van der Waals surface area contributed by atoms with Crippen molar-refractivity contribution in [3.63, 3.8) is 0 Å². The fraction of sp³-hybridized carbons (Fsp3) is 0.750. The van der Waals surface area contributed by atoms with Crippen LogP contribution in [0.1, 0.15) is 64.9 Å². The van der Waals surface area contributed by atoms with Gasteiger partial charge in [-0.25, -0.2) is 0 Å². The highest BCUT2D eigenvalue weighted by Crippen LogP contribution is 2.78. The van der Waals surface area contributed by atoms with E-state index in [0.29, 0.717) is 25.4 Å². The molecule has 9 atom stereocenters. The lowest BCUT2D eigenvalue weighted by Gasteiger charge is -2.45. The minimum Gasteiger partial charge on any atom is -0.469 e. The van der Waals surface area contributed by atoms with Gasteiger partial charge in [0.15, 0.2) is 8.32 Å². The van der Waals surface area contributed by atoms with Crippen molar-refractivity contribution in [2.45, 2.75) is 102 Å². The van der Waals surface area contributed by atoms with Crippen molar-refractivity contribution in [3.05, 3.63) is 35.9 Å². The van der Waals surface area contributed by atoms with Gasteiger partial charge < -0.3 is 23.7 Å². The lowest BCUT2D eigenvalue weighted by atomic mass is 9.58. The highest BCUT2D eigenvalue weighted by atomic mass is 28.4. The average Bonchev–Trinajstić information content (AvgIpc) is 3.38. The maximum absolute atomic E-state index is 13.9. The summed E-state index contributed by atoms with van der Waals surface area (Å²) < 4.78 is 25.3. The first kappa shape index (κ1) is 28.4. The molecule has 4 bridgehead atoms. The molecule has 1 aromatic rings. The predicted octanol–water partition coefficient (Wildman–Crippen LogP) is 5.26. The van der Waals surface area contributed by atoms with Crippen molar-refractivity contribution in [1.29, 1.82) is 0 Å². The zero-order valence-electron chi connectivity index (χ0n) is 24.9. The molecule has 4 aliphatic carbocycles. The number of rotatable bonds is 7. The van der Waals surface area contributed by atoms with E-state index in [-0.39, 0.29) is 35.1 Å². The molecule has 4 saturated carbocycles. The van der Waals surface area contributed by atoms with Crippen LogP contribution in [0.25, 0.3) is 0 Å². The number of aliphatic hydroxyl groups is 1. The number of aliphatic hydroxyl groups excluding tert-OH is 1. The molecule has 0 radical (unpaired) electrons. The Labute approximate surface area is 239 Å². The van der Waals surface area contributed by atoms with E-state index >= 15 is 0 Å². The number of methoxy groups -OCH3 is 1. The van der Waals surface area contributed by atoms with E-state index in [2.05, 4.69) is 33.9 Å². The fourth-order valence-corrected chi connectivity index (χ4v) is 10.9. The van der Waals surface area contributed by atoms with E-state index in [0.717, 1.165) is 31.2 Å². The highest BCUT2D eigenvalue weighted by molar-refractivity contribution is 6.74. The van der Waals surface area contributed by atoms with Gasteiger partial charge in [0.1, 0.15) is 11.0 Å². The molecule has 220 valence electrons. The zero-order valence-corrected chi connectivity index (χ0v) is 25.9. The van der Waals surface area contributed by atoms with E-state index in [9.17, 15) is 14.7 Å². The number of fused-ring (bicyclic) bond motifs is 1. The first-order valence-electron chi connectivity index (χ1n) is 15.1. The number of hydrogen-bond donors (Lipinski definition) is 1. The van der Waals surface area contributed by atoms with Gasteiger partial charge in [-0.1, -0.05) is 51.1 Å². The Bertz CT molecular complexity index is 1160. The van der Waals surface area contributed by atoms with Crippen LogP contribution in [0.15, 0.2) is 30.3 Å². The number of hydrogen-bond acceptors (Lipinski definition) is 7. The van der Waals surface area contributed by atoms with Gasteiger partial charge in [-0.05, 0) is 73.6 Å². The third-order valence-electron chi connectivity index (χ3n) is 12.1. The monoisotopic (exact) mass is 570 g/mol. The molecule has 8 heteroatoms. The van der Waals surface area contributed by atoms with Crippen molar-refractivity contribution in [2.75, 3.05) is 13.7 Å². The van der Waals surface area contributed by atoms with Crippen LogP contribution in [-0.2, 0) is 34.8 Å². The molecule has 40 heavy (non-hydrogen) atoms. The second-order valence-corrected chi connectivity index (χ2v) is 19.6. The van der Waals surface area contributed by atoms with Crippen LogP contribution in [0.5, 0.6) is 0 Å². The molecule has 1 saturated heterocycles. The van der Waals surface area contributed by atoms with Crippen LogP contribution >= 0.6 is 0 Å². The van der Waals surface area contributed by atoms with Crippen molar-refractivity contribution < 1.29 is 33.3 Å². The smallest absolute Gasteiger partial charge is 0.318 e. The van der Waals surface area contributed by atoms with Gasteiger partial charge in [-0.3, -0.25) is 9.59 Å². The highest BCUT2D eigenvalue weighted by Gasteiger charge is 2.85. The third kappa shape index (κ3) is 3.78. The van der Waals surface area contributed by atoms with E-state index < -0.39 is 43.2 Å². The summed E-state index contributed by atoms with van der Waals surface area (Å²) in [6.07, 6.45) is 3.75. The second kappa shape index (κ2) is 9.38. The molecule has 0 aromatic heterocycles. The molecular weight excluding hydrogens is 524 g/mol. The van der Waals surface area contributed by atoms with Crippen LogP contribution in [0.2, 0.25) is 18.1 Å². The first-order valence-corrected chi connectivity index (χ1v) is 18.0. The molecule has 5 aliphatic rings. The summed E-state index contributed by atoms with van der Waals surface area (Å²) >= 11 is 0. The summed E-state index contributed by atoms with van der Waals surface area (Å²) in [7, 11) is -0.595. The zero-order chi connectivity index (χ0) is 28.7. The summed E-state index contributed by atoms with van der Waals surface area (Å²) in [4.78, 5) is 27.8. The molecule has 7 nitrogen and oxygen atoms in total. The number of benzene rings is 1. The summed E-state index contributed by atoms with van der Waals surface area (Å²) in [5.74, 6) is -1.29. The maximum atomic E-state index is 13.9. The van der Waals surface area contributed by atoms with Crippen LogP contribution in [0.3, 0.4) is 0 Å². The van der Waals surface area contributed by atoms with Crippen LogP contribution in [-0.4, -0.2) is 56.9 Å². The Balaban J connectivity index is 1.38. The van der Waals surface area contributed by atoms with Crippen molar-refractivity contribution >= 4 is 20.3 Å². The molecule has 1 aliphatic heterocycles. The van der Waals surface area contributed by atoms with Crippen molar-refractivity contribution in [2.24, 2.45) is 34.5 Å². The van der Waals surface area contributed by atoms with Gasteiger partial charge in [0.05, 0.1) is 32.3 Å². The predicted molar refractivity (Wildman–Crippen MR) is 152 cm³/mol. The van der Waals surface area contributed by atoms with Crippen molar-refractivity contribution in [1.82, 2.24) is 0 Å². The van der Waals surface area contributed by atoms with E-state index in [1.807, 2.05) is 30.3 Å². The molecule has 1 spiro atoms. The van der Waals surface area contributed by atoms with Gasteiger partial charge in [-0.15, -0.1) is 0 Å². The maximum Gasteiger partial charge on any atom is 0.318 e. The van der Waals surface area contributed by atoms with Gasteiger partial charge in [-0.2, -0.15) is 0 Å². The molecule has 1 heterocycles. The standard InChI is InChI=1S/C32H46O7Si/c1-29(2,3)40(5,6)39-22-17-30-16-21(22)12-13-23(30)32-15-14-24(33)31(28(35)38-32,26(32)25(30)27(34)36-4)19-37-18-20-10-8-7-9-11-20/h7-11,21-26,33H,12-19H2,1-6H3/t21-,22+,23-,24-,25-,26-,30-,31+,32-/m1/s1. The second-order valence-electron chi connectivity index (χ2n) is 14.8. The van der Waals surface area contributed by atoms with E-state index in [1.54, 1.807) is 0 Å². The number of carbonyl (C=O) groups is 2. The van der Waals surface area contributed by atoms with Gasteiger partial charge in [0.25, 0.3) is 0 Å². The van der Waals surface area contributed by atoms with Crippen LogP contribution < -0.4 is 0 Å². The van der Waals surface area contributed by atoms with Gasteiger partial charge >= 0.3 is 11.9 Å². The summed E-state index contributed by atoms with van der Waals surface area (Å²) in [6, 6.07) is 9.82. The molecule has 1 N–H and O–H groups in total. The molecule has 1 aromatic carbocycles. The molecule has 0 amide bonds. The molecule has 6 rings (SSSR count). The Hall–Kier alpha value is -1.74. The topological polar surface area (TPSA) is 91.3 Å². The summed E-state index contributed by atoms with van der Waals surface area (Å²) in [6.45, 7) is 11.7. The molecule has 5 fully saturated rings. The van der Waals surface area contributed by atoms with Crippen molar-refractivity contribution in [3.8, 4) is 0 Å². The fourth-order valence-electron chi connectivity index (χ4n) is 9.47. The minimum atomic E-state index is -2.04. The summed E-state index contributed by atoms with van der Waals surface area (Å²) in [5.41, 5.74) is -1.44. The minimum absolute atomic E-state index is 0.0257. The van der Waals surface area contributed by atoms with E-state index in [4.69, 9.17) is 18.6 Å². The quantitative estimate of drug-likeness (QED) is 0.353. The van der Waals surface area contributed by atoms with Crippen LogP contribution in [0.4, 0.5) is 0 Å². The molecule has 0 unspecified atom stereocenters. The number of carbonyl (C=O) groups excluding carboxylic acids is 2. The lowest BCUT2D eigenvalue weighted by molar-refractivity contribution is -0.169. The van der Waals surface area contributed by atoms with Gasteiger partial charge in [0, 0.05) is 17.9 Å². The third-order valence-corrected chi connectivity index (χ3v) is 16.6. The average molecular weight is 571 g/mol. The number of esters is 2. The van der Waals surface area contributed by atoms with E-state index in [1.165, 1.54) is 7.11 Å². The first-order chi connectivity index (χ1) is 18.8. The largest absolute Gasteiger partial charge is 0.469 e. The Morgan fingerprint density at radius 1 is 1.12 bits per heavy atom. The van der Waals surface area contributed by atoms with Crippen LogP contribution in [0, 0.1) is 34.5 Å². The normalized spacial score (nSPS) is 41.8. The Kier molecular flexibility index (Phi) is 6.66. The SMILES string of the molecule is COC(=O)[C@H]1[C@H]2[C@@]3(CC[C@@H](O)[C@]2(COCc2ccccc2)C(=O)O3)[C@@H]2CC[C@@H]3C[C@@]21C[C@@H]3O[Si](C)(C)C(C)(C)C. The Morgan fingerprint density at radius 3 is 2.52 bits per heavy atom. The summed E-state index contributed by atoms with van der Waals surface area (Å²) in [5, 5.41) is 11.7. The number of ether oxygens (including phenoxy) is 3. The Morgan fingerprint density at radius 2 is 1.85 bits per heavy atom. The van der Waals surface area contributed by atoms with Gasteiger partial charge in [0.2, 0.25) is 0 Å². The lowest BCUT2D eigenvalue weighted by Crippen LogP contribution is -2.57. The molecular formula is C32H46O7Si.